The second-order valence-corrected chi connectivity index (χ2v) is 2.75. The number of nitro groups is 1. The number of benzene rings is 1. The minimum Gasteiger partial charge on any atom is -0.382 e. The van der Waals surface area contributed by atoms with Gasteiger partial charge in [-0.2, -0.15) is 0 Å². The number of nitro benzene ring substituents is 1. The lowest BCUT2D eigenvalue weighted by Gasteiger charge is -2.07. The number of hydrogen-bond donors (Lipinski definition) is 1. The van der Waals surface area contributed by atoms with Gasteiger partial charge in [-0.3, -0.25) is 10.1 Å². The van der Waals surface area contributed by atoms with Crippen LogP contribution in [0.15, 0.2) is 18.2 Å². The van der Waals surface area contributed by atoms with Crippen molar-refractivity contribution in [3.63, 3.8) is 0 Å². The maximum atomic E-state index is 10.7. The first-order valence-corrected chi connectivity index (χ1v) is 4.13. The minimum atomic E-state index is -0.412. The monoisotopic (exact) mass is 196 g/mol. The van der Waals surface area contributed by atoms with Crippen molar-refractivity contribution in [3.05, 3.63) is 33.9 Å². The lowest BCUT2D eigenvalue weighted by Crippen LogP contribution is -2.01. The molecule has 1 aromatic carbocycles. The third-order valence-electron chi connectivity index (χ3n) is 1.88. The lowest BCUT2D eigenvalue weighted by molar-refractivity contribution is -0.384. The molecular formula is C9H12N2O3. The number of para-hydroxylation sites is 1. The van der Waals surface area contributed by atoms with Crippen LogP contribution < -0.4 is 5.32 Å². The molecule has 0 aliphatic carbocycles. The molecule has 0 saturated carbocycles. The quantitative estimate of drug-likeness (QED) is 0.589. The van der Waals surface area contributed by atoms with E-state index in [-0.39, 0.29) is 5.69 Å². The molecule has 1 aromatic rings. The lowest BCUT2D eigenvalue weighted by atomic mass is 10.1. The zero-order valence-corrected chi connectivity index (χ0v) is 8.11. The molecule has 1 rings (SSSR count). The Hall–Kier alpha value is -1.62. The Labute approximate surface area is 81.8 Å². The summed E-state index contributed by atoms with van der Waals surface area (Å²) in [4.78, 5) is 10.3. The molecule has 0 heterocycles. The van der Waals surface area contributed by atoms with Crippen molar-refractivity contribution in [2.75, 3.05) is 19.5 Å². The number of hydrogen-bond acceptors (Lipinski definition) is 4. The van der Waals surface area contributed by atoms with Gasteiger partial charge in [0.05, 0.1) is 11.5 Å². The summed E-state index contributed by atoms with van der Waals surface area (Å²) in [7, 11) is 3.21. The van der Waals surface area contributed by atoms with E-state index in [1.54, 1.807) is 26.3 Å². The van der Waals surface area contributed by atoms with Gasteiger partial charge in [0.25, 0.3) is 5.69 Å². The molecule has 0 saturated heterocycles. The fraction of sp³-hybridized carbons (Fsp3) is 0.333. The van der Waals surface area contributed by atoms with Crippen LogP contribution in [0, 0.1) is 10.1 Å². The number of ether oxygens (including phenoxy) is 1. The number of nitrogens with zero attached hydrogens (tertiary/aromatic N) is 1. The van der Waals surface area contributed by atoms with Gasteiger partial charge in [0.15, 0.2) is 0 Å². The van der Waals surface area contributed by atoms with E-state index in [4.69, 9.17) is 4.74 Å². The predicted molar refractivity (Wildman–Crippen MR) is 53.4 cm³/mol. The topological polar surface area (TPSA) is 64.4 Å². The second-order valence-electron chi connectivity index (χ2n) is 2.75. The molecule has 0 amide bonds. The SMILES string of the molecule is CNc1c(COC)cccc1[N+](=O)[O-]. The van der Waals surface area contributed by atoms with Crippen molar-refractivity contribution in [1.82, 2.24) is 0 Å². The number of nitrogens with one attached hydrogen (secondary N) is 1. The first-order chi connectivity index (χ1) is 6.70. The Morgan fingerprint density at radius 2 is 2.29 bits per heavy atom. The molecule has 1 N–H and O–H groups in total. The molecule has 14 heavy (non-hydrogen) atoms. The normalized spacial score (nSPS) is 9.86. The van der Waals surface area contributed by atoms with Crippen LogP contribution >= 0.6 is 0 Å². The van der Waals surface area contributed by atoms with Crippen molar-refractivity contribution >= 4 is 11.4 Å². The van der Waals surface area contributed by atoms with Crippen LogP contribution in [0.4, 0.5) is 11.4 Å². The van der Waals surface area contributed by atoms with Crippen LogP contribution in [0.25, 0.3) is 0 Å². The van der Waals surface area contributed by atoms with Crippen molar-refractivity contribution in [3.8, 4) is 0 Å². The van der Waals surface area contributed by atoms with Crippen LogP contribution in [-0.4, -0.2) is 19.1 Å². The minimum absolute atomic E-state index is 0.0713. The van der Waals surface area contributed by atoms with Crippen LogP contribution in [0.2, 0.25) is 0 Å². The summed E-state index contributed by atoms with van der Waals surface area (Å²) in [5.41, 5.74) is 1.37. The third-order valence-corrected chi connectivity index (χ3v) is 1.88. The molecule has 0 fully saturated rings. The van der Waals surface area contributed by atoms with Crippen LogP contribution in [0.5, 0.6) is 0 Å². The van der Waals surface area contributed by atoms with Gasteiger partial charge in [-0.05, 0) is 0 Å². The van der Waals surface area contributed by atoms with Crippen molar-refractivity contribution < 1.29 is 9.66 Å². The zero-order valence-electron chi connectivity index (χ0n) is 8.11. The largest absolute Gasteiger partial charge is 0.382 e. The van der Waals surface area contributed by atoms with Gasteiger partial charge in [0, 0.05) is 25.8 Å². The molecule has 5 nitrogen and oxygen atoms in total. The van der Waals surface area contributed by atoms with Crippen LogP contribution in [0.3, 0.4) is 0 Å². The molecule has 0 unspecified atom stereocenters. The average molecular weight is 196 g/mol. The Morgan fingerprint density at radius 1 is 1.57 bits per heavy atom. The van der Waals surface area contributed by atoms with Gasteiger partial charge in [0.1, 0.15) is 5.69 Å². The second kappa shape index (κ2) is 4.57. The fourth-order valence-electron chi connectivity index (χ4n) is 1.30. The van der Waals surface area contributed by atoms with Crippen LogP contribution in [-0.2, 0) is 11.3 Å². The van der Waals surface area contributed by atoms with E-state index in [1.807, 2.05) is 0 Å². The van der Waals surface area contributed by atoms with Gasteiger partial charge in [-0.15, -0.1) is 0 Å². The molecule has 5 heteroatoms. The van der Waals surface area contributed by atoms with Gasteiger partial charge >= 0.3 is 0 Å². The first kappa shape index (κ1) is 10.5. The molecule has 0 aromatic heterocycles. The highest BCUT2D eigenvalue weighted by molar-refractivity contribution is 5.65. The summed E-state index contributed by atoms with van der Waals surface area (Å²) in [5, 5.41) is 13.5. The highest BCUT2D eigenvalue weighted by atomic mass is 16.6. The number of rotatable bonds is 4. The first-order valence-electron chi connectivity index (χ1n) is 4.13. The Balaban J connectivity index is 3.17. The average Bonchev–Trinajstić information content (AvgIpc) is 2.18. The maximum absolute atomic E-state index is 10.7. The van der Waals surface area contributed by atoms with Crippen molar-refractivity contribution in [1.29, 1.82) is 0 Å². The molecule has 0 spiro atoms. The van der Waals surface area contributed by atoms with E-state index in [0.29, 0.717) is 12.3 Å². The standard InChI is InChI=1S/C9H12N2O3/c1-10-9-7(6-14-2)4-3-5-8(9)11(12)13/h3-5,10H,6H2,1-2H3. The zero-order chi connectivity index (χ0) is 10.6. The van der Waals surface area contributed by atoms with Crippen molar-refractivity contribution in [2.24, 2.45) is 0 Å². The van der Waals surface area contributed by atoms with E-state index in [1.165, 1.54) is 6.07 Å². The summed E-state index contributed by atoms with van der Waals surface area (Å²) >= 11 is 0. The Morgan fingerprint density at radius 3 is 2.79 bits per heavy atom. The number of anilines is 1. The van der Waals surface area contributed by atoms with Gasteiger partial charge in [0.2, 0.25) is 0 Å². The molecule has 0 radical (unpaired) electrons. The van der Waals surface area contributed by atoms with Gasteiger partial charge in [-0.1, -0.05) is 12.1 Å². The summed E-state index contributed by atoms with van der Waals surface area (Å²) in [6, 6.07) is 4.90. The summed E-state index contributed by atoms with van der Waals surface area (Å²) in [6.45, 7) is 0.359. The molecule has 0 aliphatic heterocycles. The van der Waals surface area contributed by atoms with E-state index in [2.05, 4.69) is 5.32 Å². The van der Waals surface area contributed by atoms with E-state index in [9.17, 15) is 10.1 Å². The predicted octanol–water partition coefficient (Wildman–Crippen LogP) is 1.78. The highest BCUT2D eigenvalue weighted by Crippen LogP contribution is 2.27. The van der Waals surface area contributed by atoms with Gasteiger partial charge < -0.3 is 10.1 Å². The van der Waals surface area contributed by atoms with E-state index in [0.717, 1.165) is 5.56 Å². The van der Waals surface area contributed by atoms with Gasteiger partial charge in [-0.25, -0.2) is 0 Å². The summed E-state index contributed by atoms with van der Waals surface area (Å²) in [6.07, 6.45) is 0. The highest BCUT2D eigenvalue weighted by Gasteiger charge is 2.15. The van der Waals surface area contributed by atoms with E-state index >= 15 is 0 Å². The summed E-state index contributed by atoms with van der Waals surface area (Å²) < 4.78 is 4.94. The third kappa shape index (κ3) is 2.00. The van der Waals surface area contributed by atoms with Crippen LogP contribution in [0.1, 0.15) is 5.56 Å². The summed E-state index contributed by atoms with van der Waals surface area (Å²) in [5.74, 6) is 0. The Kier molecular flexibility index (Phi) is 3.41. The number of methoxy groups -OCH3 is 1. The molecule has 0 bridgehead atoms. The maximum Gasteiger partial charge on any atom is 0.292 e. The van der Waals surface area contributed by atoms with E-state index < -0.39 is 4.92 Å². The molecule has 0 aliphatic rings. The fourth-order valence-corrected chi connectivity index (χ4v) is 1.30. The molecule has 76 valence electrons. The smallest absolute Gasteiger partial charge is 0.292 e. The Bertz CT molecular complexity index is 339. The molecule has 0 atom stereocenters. The molecular weight excluding hydrogens is 184 g/mol. The van der Waals surface area contributed by atoms with Crippen molar-refractivity contribution in [2.45, 2.75) is 6.61 Å².